The molecule has 0 radical (unpaired) electrons. The number of anilines is 2. The van der Waals surface area contributed by atoms with Crippen molar-refractivity contribution in [1.29, 1.82) is 0 Å². The largest absolute Gasteiger partial charge is 0.392 e. The minimum Gasteiger partial charge on any atom is -0.392 e. The molecule has 4 aliphatic rings. The highest BCUT2D eigenvalue weighted by molar-refractivity contribution is 9.10. The summed E-state index contributed by atoms with van der Waals surface area (Å²) >= 11 is 3.26. The van der Waals surface area contributed by atoms with Crippen molar-refractivity contribution in [1.82, 2.24) is 9.97 Å². The number of hydrogen-bond acceptors (Lipinski definition) is 6. The minimum atomic E-state index is -2.47. The van der Waals surface area contributed by atoms with Crippen LogP contribution < -0.4 is 9.80 Å². The van der Waals surface area contributed by atoms with Crippen molar-refractivity contribution in [2.24, 2.45) is 23.7 Å². The van der Waals surface area contributed by atoms with E-state index in [9.17, 15) is 17.6 Å². The van der Waals surface area contributed by atoms with Gasteiger partial charge in [-0.2, -0.15) is 0 Å². The van der Waals surface area contributed by atoms with Crippen LogP contribution in [0, 0.1) is 23.7 Å². The van der Waals surface area contributed by atoms with Gasteiger partial charge in [-0.3, -0.25) is 0 Å². The Morgan fingerprint density at radius 3 is 1.66 bits per heavy atom. The van der Waals surface area contributed by atoms with Crippen LogP contribution in [0.25, 0.3) is 6.08 Å². The second-order valence-corrected chi connectivity index (χ2v) is 10.2. The third-order valence-electron chi connectivity index (χ3n) is 7.49. The quantitative estimate of drug-likeness (QED) is 0.429. The van der Waals surface area contributed by atoms with Gasteiger partial charge in [0.15, 0.2) is 0 Å². The van der Waals surface area contributed by atoms with Crippen molar-refractivity contribution in [3.63, 3.8) is 0 Å². The van der Waals surface area contributed by atoms with Gasteiger partial charge in [0, 0.05) is 37.3 Å². The van der Waals surface area contributed by atoms with Crippen LogP contribution in [0.4, 0.5) is 29.2 Å². The van der Waals surface area contributed by atoms with E-state index >= 15 is 0 Å². The van der Waals surface area contributed by atoms with Gasteiger partial charge >= 0.3 is 0 Å². The molecular formula is C24H25BrF4N4O2. The lowest BCUT2D eigenvalue weighted by atomic mass is 10.2. The zero-order valence-electron chi connectivity index (χ0n) is 18.7. The zero-order valence-corrected chi connectivity index (χ0v) is 20.3. The summed E-state index contributed by atoms with van der Waals surface area (Å²) in [7, 11) is 0. The molecule has 6 rings (SSSR count). The van der Waals surface area contributed by atoms with Crippen LogP contribution in [-0.4, -0.2) is 58.2 Å². The third kappa shape index (κ3) is 4.21. The lowest BCUT2D eigenvalue weighted by Crippen LogP contribution is -2.28. The SMILES string of the molecule is C=Cc1nc(N2CC3C(C2)C3(F)F)ccc1CO.OCc1ccc(N2CC3C(C2)C3(F)F)nc1Br. The smallest absolute Gasteiger partial charge is 0.258 e. The standard InChI is InChI=1S/C13H14F2N2O.C11H11BrF2N2O/c1-2-11-8(7-18)3-4-12(16-11)17-5-9-10(6-17)13(9,14)15;12-10-6(5-17)1-2-9(15-10)16-3-7-8(4-16)11(7,13)14/h2-4,9-10,18H,1,5-7H2;1-2,7-8,17H,3-5H2. The Bertz CT molecular complexity index is 1120. The minimum absolute atomic E-state index is 0.0861. The Morgan fingerprint density at radius 2 is 1.26 bits per heavy atom. The number of piperidine rings is 2. The van der Waals surface area contributed by atoms with E-state index in [-0.39, 0.29) is 13.2 Å². The van der Waals surface area contributed by atoms with Crippen molar-refractivity contribution >= 4 is 33.6 Å². The maximum atomic E-state index is 13.1. The summed E-state index contributed by atoms with van der Waals surface area (Å²) in [5.41, 5.74) is 2.01. The molecule has 4 fully saturated rings. The van der Waals surface area contributed by atoms with E-state index in [0.717, 1.165) is 0 Å². The van der Waals surface area contributed by atoms with Crippen molar-refractivity contribution in [2.75, 3.05) is 36.0 Å². The first-order valence-electron chi connectivity index (χ1n) is 11.4. The Hall–Kier alpha value is -2.24. The van der Waals surface area contributed by atoms with Gasteiger partial charge in [-0.1, -0.05) is 18.7 Å². The molecule has 2 aromatic rings. The molecule has 4 atom stereocenters. The normalized spacial score (nSPS) is 28.7. The first kappa shape index (κ1) is 24.5. The molecule has 35 heavy (non-hydrogen) atoms. The third-order valence-corrected chi connectivity index (χ3v) is 8.18. The fourth-order valence-corrected chi connectivity index (χ4v) is 5.56. The maximum absolute atomic E-state index is 13.1. The molecule has 0 amide bonds. The number of pyridine rings is 2. The van der Waals surface area contributed by atoms with Crippen LogP contribution in [0.3, 0.4) is 0 Å². The number of alkyl halides is 4. The van der Waals surface area contributed by atoms with Gasteiger partial charge in [0.2, 0.25) is 0 Å². The molecule has 2 N–H and O–H groups in total. The van der Waals surface area contributed by atoms with Gasteiger partial charge in [0.1, 0.15) is 16.2 Å². The Labute approximate surface area is 208 Å². The number of hydrogen-bond donors (Lipinski definition) is 2. The van der Waals surface area contributed by atoms with Crippen molar-refractivity contribution in [2.45, 2.75) is 25.1 Å². The van der Waals surface area contributed by atoms with E-state index in [2.05, 4.69) is 32.5 Å². The van der Waals surface area contributed by atoms with Gasteiger partial charge in [-0.15, -0.1) is 0 Å². The van der Waals surface area contributed by atoms with Crippen molar-refractivity contribution in [3.05, 3.63) is 52.3 Å². The number of fused-ring (bicyclic) bond motifs is 2. The van der Waals surface area contributed by atoms with E-state index in [0.29, 0.717) is 59.2 Å². The Balaban J connectivity index is 0.000000145. The number of aliphatic hydroxyl groups excluding tert-OH is 2. The molecule has 0 aromatic carbocycles. The van der Waals surface area contributed by atoms with E-state index in [1.807, 2.05) is 9.80 Å². The van der Waals surface area contributed by atoms with E-state index in [1.165, 1.54) is 0 Å². The highest BCUT2D eigenvalue weighted by Crippen LogP contribution is 2.60. The van der Waals surface area contributed by atoms with Gasteiger partial charge in [-0.05, 0) is 34.1 Å². The molecule has 0 bridgehead atoms. The average molecular weight is 557 g/mol. The summed E-state index contributed by atoms with van der Waals surface area (Å²) < 4.78 is 52.8. The lowest BCUT2D eigenvalue weighted by Gasteiger charge is -2.21. The lowest BCUT2D eigenvalue weighted by molar-refractivity contribution is 0.0791. The van der Waals surface area contributed by atoms with Gasteiger partial charge in [0.05, 0.1) is 42.6 Å². The fourth-order valence-electron chi connectivity index (χ4n) is 5.12. The Morgan fingerprint density at radius 1 is 0.829 bits per heavy atom. The van der Waals surface area contributed by atoms with E-state index in [1.54, 1.807) is 30.3 Å². The van der Waals surface area contributed by atoms with Crippen LogP contribution in [0.1, 0.15) is 16.8 Å². The van der Waals surface area contributed by atoms with E-state index < -0.39 is 35.5 Å². The summed E-state index contributed by atoms with van der Waals surface area (Å²) in [6.45, 7) is 4.92. The molecular weight excluding hydrogens is 532 g/mol. The highest BCUT2D eigenvalue weighted by Gasteiger charge is 2.72. The van der Waals surface area contributed by atoms with Gasteiger partial charge in [-0.25, -0.2) is 27.5 Å². The van der Waals surface area contributed by atoms with Gasteiger partial charge < -0.3 is 20.0 Å². The van der Waals surface area contributed by atoms with Crippen molar-refractivity contribution in [3.8, 4) is 0 Å². The van der Waals surface area contributed by atoms with Crippen LogP contribution in [-0.2, 0) is 13.2 Å². The van der Waals surface area contributed by atoms with E-state index in [4.69, 9.17) is 10.2 Å². The molecule has 2 saturated heterocycles. The van der Waals surface area contributed by atoms with Crippen LogP contribution >= 0.6 is 15.9 Å². The van der Waals surface area contributed by atoms with Gasteiger partial charge in [0.25, 0.3) is 11.8 Å². The first-order valence-corrected chi connectivity index (χ1v) is 12.2. The second kappa shape index (κ2) is 8.70. The number of nitrogens with zero attached hydrogens (tertiary/aromatic N) is 4. The summed E-state index contributed by atoms with van der Waals surface area (Å²) in [5.74, 6) is -5.57. The molecule has 2 aromatic heterocycles. The summed E-state index contributed by atoms with van der Waals surface area (Å²) in [6.07, 6.45) is 1.57. The number of aromatic nitrogens is 2. The number of halogens is 5. The summed E-state index contributed by atoms with van der Waals surface area (Å²) in [6, 6.07) is 7.05. The molecule has 188 valence electrons. The molecule has 0 spiro atoms. The average Bonchev–Trinajstić information content (AvgIpc) is 3.33. The van der Waals surface area contributed by atoms with Crippen molar-refractivity contribution < 1.29 is 27.8 Å². The highest BCUT2D eigenvalue weighted by atomic mass is 79.9. The molecule has 2 aliphatic heterocycles. The number of aliphatic hydroxyl groups is 2. The predicted octanol–water partition coefficient (Wildman–Crippen LogP) is 3.96. The monoisotopic (exact) mass is 556 g/mol. The topological polar surface area (TPSA) is 72.7 Å². The zero-order chi connectivity index (χ0) is 25.1. The number of rotatable bonds is 5. The van der Waals surface area contributed by atoms with Crippen LogP contribution in [0.15, 0.2) is 35.4 Å². The molecule has 6 nitrogen and oxygen atoms in total. The first-order chi connectivity index (χ1) is 16.6. The molecule has 2 saturated carbocycles. The predicted molar refractivity (Wildman–Crippen MR) is 126 cm³/mol. The van der Waals surface area contributed by atoms with Crippen LogP contribution in [0.5, 0.6) is 0 Å². The van der Waals surface area contributed by atoms with Crippen LogP contribution in [0.2, 0.25) is 0 Å². The second-order valence-electron chi connectivity index (χ2n) is 9.44. The molecule has 4 unspecified atom stereocenters. The molecule has 11 heteroatoms. The molecule has 2 aliphatic carbocycles. The summed E-state index contributed by atoms with van der Waals surface area (Å²) in [4.78, 5) is 12.4. The maximum Gasteiger partial charge on any atom is 0.258 e. The Kier molecular flexibility index (Phi) is 6.08. The molecule has 4 heterocycles. The fraction of sp³-hybridized carbons (Fsp3) is 0.500. The summed E-state index contributed by atoms with van der Waals surface area (Å²) in [5, 5.41) is 18.1.